The predicted molar refractivity (Wildman–Crippen MR) is 81.7 cm³/mol. The van der Waals surface area contributed by atoms with Gasteiger partial charge in [0, 0.05) is 25.7 Å². The first-order chi connectivity index (χ1) is 10.0. The van der Waals surface area contributed by atoms with Gasteiger partial charge in [0.25, 0.3) is 0 Å². The van der Waals surface area contributed by atoms with Gasteiger partial charge in [-0.25, -0.2) is 4.39 Å². The van der Waals surface area contributed by atoms with Crippen molar-refractivity contribution in [2.45, 2.75) is 32.2 Å². The van der Waals surface area contributed by atoms with Crippen LogP contribution in [0.5, 0.6) is 0 Å². The van der Waals surface area contributed by atoms with E-state index in [0.29, 0.717) is 25.3 Å². The van der Waals surface area contributed by atoms with Crippen LogP contribution in [-0.2, 0) is 10.2 Å². The fourth-order valence-electron chi connectivity index (χ4n) is 2.73. The molecule has 1 unspecified atom stereocenters. The molecule has 1 heterocycles. The van der Waals surface area contributed by atoms with Crippen LogP contribution in [0.25, 0.3) is 0 Å². The van der Waals surface area contributed by atoms with Gasteiger partial charge in [-0.3, -0.25) is 4.31 Å². The van der Waals surface area contributed by atoms with E-state index in [2.05, 4.69) is 0 Å². The fraction of sp³-hybridized carbons (Fsp3) is 0.571. The summed E-state index contributed by atoms with van der Waals surface area (Å²) in [5, 5.41) is 0. The predicted octanol–water partition coefficient (Wildman–Crippen LogP) is 1.71. The molecule has 0 aliphatic carbocycles. The topological polar surface area (TPSA) is 66.6 Å². The Bertz CT molecular complexity index is 562. The zero-order valence-corrected chi connectivity index (χ0v) is 13.0. The van der Waals surface area contributed by atoms with Crippen LogP contribution in [0, 0.1) is 5.82 Å². The van der Waals surface area contributed by atoms with E-state index >= 15 is 0 Å². The summed E-state index contributed by atoms with van der Waals surface area (Å²) in [4.78, 5) is 0. The maximum Gasteiger partial charge on any atom is 0.304 e. The second-order valence-corrected chi connectivity index (χ2v) is 6.95. The summed E-state index contributed by atoms with van der Waals surface area (Å²) in [5.41, 5.74) is 6.19. The molecule has 1 aromatic carbocycles. The molecule has 2 rings (SSSR count). The van der Waals surface area contributed by atoms with Gasteiger partial charge in [-0.15, -0.1) is 0 Å². The highest BCUT2D eigenvalue weighted by molar-refractivity contribution is 7.90. The summed E-state index contributed by atoms with van der Waals surface area (Å²) < 4.78 is 41.6. The molecule has 1 atom stereocenters. The molecular formula is C14H22FN3O2S. The Hall–Kier alpha value is -1.18. The summed E-state index contributed by atoms with van der Waals surface area (Å²) in [5.74, 6) is -0.384. The monoisotopic (exact) mass is 315 g/mol. The Labute approximate surface area is 125 Å². The van der Waals surface area contributed by atoms with Gasteiger partial charge < -0.3 is 5.73 Å². The number of anilines is 1. The second kappa shape index (κ2) is 6.72. The van der Waals surface area contributed by atoms with Crippen molar-refractivity contribution in [3.8, 4) is 0 Å². The van der Waals surface area contributed by atoms with E-state index in [0.717, 1.165) is 19.3 Å². The Kier molecular flexibility index (Phi) is 5.18. The summed E-state index contributed by atoms with van der Waals surface area (Å²) in [6.45, 7) is 2.87. The third-order valence-corrected chi connectivity index (χ3v) is 5.92. The van der Waals surface area contributed by atoms with E-state index in [1.165, 1.54) is 32.9 Å². The molecular weight excluding hydrogens is 293 g/mol. The molecule has 0 saturated carbocycles. The first-order valence-electron chi connectivity index (χ1n) is 7.25. The zero-order valence-electron chi connectivity index (χ0n) is 12.2. The molecule has 1 fully saturated rings. The molecule has 0 aromatic heterocycles. The SMILES string of the molecule is CCN(c1ccc(F)cc1)S(=O)(=O)N1CCCCC1CN. The number of halogens is 1. The molecule has 0 spiro atoms. The van der Waals surface area contributed by atoms with Crippen molar-refractivity contribution in [2.75, 3.05) is 23.9 Å². The molecule has 1 saturated heterocycles. The number of piperidine rings is 1. The largest absolute Gasteiger partial charge is 0.329 e. The van der Waals surface area contributed by atoms with Gasteiger partial charge in [0.1, 0.15) is 5.82 Å². The normalized spacial score (nSPS) is 20.4. The van der Waals surface area contributed by atoms with E-state index in [9.17, 15) is 12.8 Å². The molecule has 0 radical (unpaired) electrons. The van der Waals surface area contributed by atoms with Crippen LogP contribution >= 0.6 is 0 Å². The lowest BCUT2D eigenvalue weighted by atomic mass is 10.1. The fourth-order valence-corrected chi connectivity index (χ4v) is 4.62. The molecule has 118 valence electrons. The average molecular weight is 315 g/mol. The minimum atomic E-state index is -3.64. The summed E-state index contributed by atoms with van der Waals surface area (Å²) in [7, 11) is -3.64. The van der Waals surface area contributed by atoms with E-state index in [1.54, 1.807) is 6.92 Å². The van der Waals surface area contributed by atoms with E-state index < -0.39 is 10.2 Å². The van der Waals surface area contributed by atoms with Crippen molar-refractivity contribution in [1.29, 1.82) is 0 Å². The molecule has 7 heteroatoms. The molecule has 21 heavy (non-hydrogen) atoms. The quantitative estimate of drug-likeness (QED) is 0.899. The third-order valence-electron chi connectivity index (χ3n) is 3.82. The van der Waals surface area contributed by atoms with E-state index in [-0.39, 0.29) is 11.9 Å². The number of nitrogens with zero attached hydrogens (tertiary/aromatic N) is 2. The minimum Gasteiger partial charge on any atom is -0.329 e. The summed E-state index contributed by atoms with van der Waals surface area (Å²) in [6.07, 6.45) is 2.63. The Morgan fingerprint density at radius 3 is 2.57 bits per heavy atom. The Balaban J connectivity index is 2.32. The van der Waals surface area contributed by atoms with Crippen molar-refractivity contribution < 1.29 is 12.8 Å². The van der Waals surface area contributed by atoms with Gasteiger partial charge in [0.2, 0.25) is 0 Å². The Morgan fingerprint density at radius 2 is 2.00 bits per heavy atom. The molecule has 0 amide bonds. The number of hydrogen-bond donors (Lipinski definition) is 1. The van der Waals surface area contributed by atoms with Crippen molar-refractivity contribution in [1.82, 2.24) is 4.31 Å². The Morgan fingerprint density at radius 1 is 1.33 bits per heavy atom. The average Bonchev–Trinajstić information content (AvgIpc) is 2.49. The first-order valence-corrected chi connectivity index (χ1v) is 8.65. The maximum absolute atomic E-state index is 13.0. The lowest BCUT2D eigenvalue weighted by Gasteiger charge is -2.37. The highest BCUT2D eigenvalue weighted by atomic mass is 32.2. The van der Waals surface area contributed by atoms with Crippen LogP contribution in [0.3, 0.4) is 0 Å². The molecule has 2 N–H and O–H groups in total. The van der Waals surface area contributed by atoms with Gasteiger partial charge in [-0.2, -0.15) is 12.7 Å². The number of rotatable bonds is 5. The molecule has 1 aliphatic heterocycles. The highest BCUT2D eigenvalue weighted by Gasteiger charge is 2.35. The highest BCUT2D eigenvalue weighted by Crippen LogP contribution is 2.26. The standard InChI is InChI=1S/C14H22FN3O2S/c1-2-17(13-8-6-12(15)7-9-13)21(19,20)18-10-4-3-5-14(18)11-16/h6-9,14H,2-5,10-11,16H2,1H3. The maximum atomic E-state index is 13.0. The van der Waals surface area contributed by atoms with E-state index in [1.807, 2.05) is 0 Å². The minimum absolute atomic E-state index is 0.154. The van der Waals surface area contributed by atoms with Gasteiger partial charge in [0.15, 0.2) is 0 Å². The van der Waals surface area contributed by atoms with Crippen molar-refractivity contribution in [3.05, 3.63) is 30.1 Å². The summed E-state index contributed by atoms with van der Waals surface area (Å²) in [6, 6.07) is 5.35. The van der Waals surface area contributed by atoms with Gasteiger partial charge >= 0.3 is 10.2 Å². The van der Waals surface area contributed by atoms with Crippen LogP contribution in [0.1, 0.15) is 26.2 Å². The van der Waals surface area contributed by atoms with Crippen LogP contribution in [-0.4, -0.2) is 38.4 Å². The molecule has 1 aliphatic rings. The van der Waals surface area contributed by atoms with Crippen molar-refractivity contribution in [2.24, 2.45) is 5.73 Å². The van der Waals surface area contributed by atoms with Crippen molar-refractivity contribution >= 4 is 15.9 Å². The smallest absolute Gasteiger partial charge is 0.304 e. The van der Waals surface area contributed by atoms with Crippen LogP contribution in [0.4, 0.5) is 10.1 Å². The number of hydrogen-bond acceptors (Lipinski definition) is 3. The van der Waals surface area contributed by atoms with E-state index in [4.69, 9.17) is 5.73 Å². The van der Waals surface area contributed by atoms with Crippen molar-refractivity contribution in [3.63, 3.8) is 0 Å². The first kappa shape index (κ1) is 16.2. The lowest BCUT2D eigenvalue weighted by molar-refractivity contribution is 0.257. The second-order valence-electron chi connectivity index (χ2n) is 5.14. The van der Waals surface area contributed by atoms with Crippen LogP contribution < -0.4 is 10.0 Å². The van der Waals surface area contributed by atoms with Gasteiger partial charge in [-0.1, -0.05) is 6.42 Å². The van der Waals surface area contributed by atoms with Crippen LogP contribution in [0.2, 0.25) is 0 Å². The third kappa shape index (κ3) is 3.36. The van der Waals surface area contributed by atoms with Gasteiger partial charge in [0.05, 0.1) is 5.69 Å². The molecule has 0 bridgehead atoms. The molecule has 1 aromatic rings. The van der Waals surface area contributed by atoms with Gasteiger partial charge in [-0.05, 0) is 44.0 Å². The molecule has 5 nitrogen and oxygen atoms in total. The number of nitrogens with two attached hydrogens (primary N) is 1. The lowest BCUT2D eigenvalue weighted by Crippen LogP contribution is -2.53. The summed E-state index contributed by atoms with van der Waals surface area (Å²) >= 11 is 0. The van der Waals surface area contributed by atoms with Crippen LogP contribution in [0.15, 0.2) is 24.3 Å². The zero-order chi connectivity index (χ0) is 15.5. The number of benzene rings is 1.